The molecule has 0 amide bonds. The van der Waals surface area contributed by atoms with Gasteiger partial charge in [0, 0.05) is 36.4 Å². The zero-order chi connectivity index (χ0) is 19.1. The summed E-state index contributed by atoms with van der Waals surface area (Å²) in [6, 6.07) is 13.1. The van der Waals surface area contributed by atoms with Crippen molar-refractivity contribution >= 4 is 10.8 Å². The Labute approximate surface area is 160 Å². The summed E-state index contributed by atoms with van der Waals surface area (Å²) >= 11 is 0. The van der Waals surface area contributed by atoms with Crippen LogP contribution >= 0.6 is 0 Å². The number of hydrogen-bond donors (Lipinski definition) is 0. The fourth-order valence-electron chi connectivity index (χ4n) is 4.13. The number of hydrogen-bond acceptors (Lipinski definition) is 1. The average molecular weight is 355 g/mol. The van der Waals surface area contributed by atoms with Gasteiger partial charge in [0.15, 0.2) is 18.1 Å². The highest BCUT2D eigenvalue weighted by atomic mass is 15.0. The van der Waals surface area contributed by atoms with E-state index in [1.54, 1.807) is 0 Å². The van der Waals surface area contributed by atoms with Crippen molar-refractivity contribution in [1.29, 1.82) is 0 Å². The Kier molecular flexibility index (Phi) is 4.23. The molecule has 0 unspecified atom stereocenters. The first kappa shape index (κ1) is 17.3. The van der Waals surface area contributed by atoms with E-state index in [0.717, 1.165) is 5.69 Å². The highest BCUT2D eigenvalue weighted by molar-refractivity contribution is 5.81. The molecule has 0 aliphatic heterocycles. The highest BCUT2D eigenvalue weighted by Crippen LogP contribution is 2.24. The first-order valence-electron chi connectivity index (χ1n) is 9.32. The van der Waals surface area contributed by atoms with E-state index in [1.165, 1.54) is 44.5 Å². The monoisotopic (exact) mass is 355 g/mol. The van der Waals surface area contributed by atoms with Crippen LogP contribution in [0.15, 0.2) is 61.2 Å². The van der Waals surface area contributed by atoms with E-state index < -0.39 is 0 Å². The fourth-order valence-corrected chi connectivity index (χ4v) is 4.13. The van der Waals surface area contributed by atoms with E-state index in [-0.39, 0.29) is 0 Å². The molecule has 0 radical (unpaired) electrons. The van der Waals surface area contributed by atoms with Crippen LogP contribution in [0.3, 0.4) is 0 Å². The first-order chi connectivity index (χ1) is 13.0. The smallest absolute Gasteiger partial charge is 0.223 e. The van der Waals surface area contributed by atoms with E-state index in [4.69, 9.17) is 0 Å². The Morgan fingerprint density at radius 3 is 2.11 bits per heavy atom. The van der Waals surface area contributed by atoms with Crippen LogP contribution in [0, 0.1) is 34.6 Å². The molecule has 0 aliphatic carbocycles. The lowest BCUT2D eigenvalue weighted by molar-refractivity contribution is -0.611. The topological polar surface area (TPSA) is 20.6 Å². The van der Waals surface area contributed by atoms with Crippen molar-refractivity contribution < 1.29 is 9.13 Å². The Bertz CT molecular complexity index is 1180. The summed E-state index contributed by atoms with van der Waals surface area (Å²) in [4.78, 5) is 4.25. The van der Waals surface area contributed by atoms with Gasteiger partial charge in [-0.15, -0.1) is 0 Å². The summed E-state index contributed by atoms with van der Waals surface area (Å²) in [5.41, 5.74) is 8.66. The lowest BCUT2D eigenvalue weighted by Crippen LogP contribution is -2.40. The van der Waals surface area contributed by atoms with Crippen LogP contribution in [0.4, 0.5) is 0 Å². The normalized spacial score (nSPS) is 11.1. The van der Waals surface area contributed by atoms with Gasteiger partial charge in [-0.3, -0.25) is 4.98 Å². The molecule has 4 rings (SSSR count). The lowest BCUT2D eigenvalue weighted by atomic mass is 10.00. The molecule has 2 aromatic heterocycles. The third-order valence-electron chi connectivity index (χ3n) is 5.32. The molecule has 0 N–H and O–H groups in total. The number of nitrogens with zero attached hydrogens (tertiary/aromatic N) is 3. The zero-order valence-corrected chi connectivity index (χ0v) is 16.6. The number of aryl methyl sites for hydroxylation is 4. The molecule has 0 saturated heterocycles. The molecule has 134 valence electrons. The van der Waals surface area contributed by atoms with E-state index >= 15 is 0 Å². The summed E-state index contributed by atoms with van der Waals surface area (Å²) in [7, 11) is 0. The Balaban J connectivity index is 2.04. The molecule has 0 fully saturated rings. The predicted octanol–water partition coefficient (Wildman–Crippen LogP) is 4.33. The van der Waals surface area contributed by atoms with Crippen LogP contribution in [0.2, 0.25) is 0 Å². The summed E-state index contributed by atoms with van der Waals surface area (Å²) < 4.78 is 4.56. The summed E-state index contributed by atoms with van der Waals surface area (Å²) in [6.07, 6.45) is 8.05. The second-order valence-electron chi connectivity index (χ2n) is 7.33. The Morgan fingerprint density at radius 1 is 0.741 bits per heavy atom. The number of benzene rings is 2. The van der Waals surface area contributed by atoms with Gasteiger partial charge in [-0.2, -0.15) is 9.13 Å². The summed E-state index contributed by atoms with van der Waals surface area (Å²) in [5, 5.41) is 2.52. The average Bonchev–Trinajstić information content (AvgIpc) is 2.63. The summed E-state index contributed by atoms with van der Waals surface area (Å²) in [5.74, 6) is 0. The zero-order valence-electron chi connectivity index (χ0n) is 16.6. The highest BCUT2D eigenvalue weighted by Gasteiger charge is 2.27. The molecule has 0 aliphatic rings. The number of aromatic nitrogens is 3. The third kappa shape index (κ3) is 2.89. The number of rotatable bonds is 2. The van der Waals surface area contributed by atoms with Gasteiger partial charge in [-0.25, -0.2) is 0 Å². The minimum absolute atomic E-state index is 1.12. The van der Waals surface area contributed by atoms with E-state index in [1.807, 2.05) is 18.6 Å². The molecule has 0 atom stereocenters. The van der Waals surface area contributed by atoms with Crippen LogP contribution in [-0.2, 0) is 0 Å². The maximum atomic E-state index is 4.25. The van der Waals surface area contributed by atoms with Crippen molar-refractivity contribution in [3.8, 4) is 11.4 Å². The maximum absolute atomic E-state index is 4.25. The van der Waals surface area contributed by atoms with Gasteiger partial charge >= 0.3 is 0 Å². The van der Waals surface area contributed by atoms with Gasteiger partial charge in [0.05, 0.1) is 18.0 Å². The largest absolute Gasteiger partial charge is 0.252 e. The van der Waals surface area contributed by atoms with Gasteiger partial charge in [0.1, 0.15) is 0 Å². The number of fused-ring (bicyclic) bond motifs is 1. The van der Waals surface area contributed by atoms with Crippen LogP contribution in [0.25, 0.3) is 22.1 Å². The van der Waals surface area contributed by atoms with Crippen molar-refractivity contribution in [3.05, 3.63) is 89.3 Å². The van der Waals surface area contributed by atoms with Crippen molar-refractivity contribution in [2.45, 2.75) is 34.6 Å². The molecule has 3 nitrogen and oxygen atoms in total. The minimum Gasteiger partial charge on any atom is -0.252 e. The van der Waals surface area contributed by atoms with Crippen molar-refractivity contribution in [2.24, 2.45) is 0 Å². The van der Waals surface area contributed by atoms with Crippen molar-refractivity contribution in [2.75, 3.05) is 0 Å². The predicted molar refractivity (Wildman–Crippen MR) is 108 cm³/mol. The molecule has 2 heterocycles. The third-order valence-corrected chi connectivity index (χ3v) is 5.32. The van der Waals surface area contributed by atoms with Crippen LogP contribution in [0.5, 0.6) is 0 Å². The van der Waals surface area contributed by atoms with Gasteiger partial charge in [0.25, 0.3) is 0 Å². The SMILES string of the molecule is Cc1cc(C)c(-[n+]2cc3ccccc3cc2C)c(C)c1-[n+]1ccncc1C. The molecule has 4 aromatic rings. The van der Waals surface area contributed by atoms with Crippen molar-refractivity contribution in [1.82, 2.24) is 4.98 Å². The summed E-state index contributed by atoms with van der Waals surface area (Å²) in [6.45, 7) is 10.9. The van der Waals surface area contributed by atoms with Crippen LogP contribution in [-0.4, -0.2) is 4.98 Å². The first-order valence-corrected chi connectivity index (χ1v) is 9.32. The Morgan fingerprint density at radius 2 is 1.41 bits per heavy atom. The maximum Gasteiger partial charge on any atom is 0.223 e. The molecule has 27 heavy (non-hydrogen) atoms. The Hall–Kier alpha value is -3.07. The van der Waals surface area contributed by atoms with E-state index in [2.05, 4.69) is 91.3 Å². The van der Waals surface area contributed by atoms with Crippen molar-refractivity contribution in [3.63, 3.8) is 0 Å². The minimum atomic E-state index is 1.12. The van der Waals surface area contributed by atoms with Gasteiger partial charge in [-0.1, -0.05) is 18.2 Å². The van der Waals surface area contributed by atoms with Crippen LogP contribution in [0.1, 0.15) is 28.1 Å². The van der Waals surface area contributed by atoms with Gasteiger partial charge in [-0.05, 0) is 38.3 Å². The molecule has 0 bridgehead atoms. The van der Waals surface area contributed by atoms with Gasteiger partial charge in [0.2, 0.25) is 17.1 Å². The molecule has 0 spiro atoms. The second-order valence-corrected chi connectivity index (χ2v) is 7.33. The van der Waals surface area contributed by atoms with Crippen LogP contribution < -0.4 is 9.13 Å². The molecule has 3 heteroatoms. The lowest BCUT2D eigenvalue weighted by Gasteiger charge is -2.12. The second kappa shape index (κ2) is 6.58. The quantitative estimate of drug-likeness (QED) is 0.490. The molecule has 2 aromatic carbocycles. The molecule has 0 saturated carbocycles. The standard InChI is InChI=1S/C24H25N3/c1-16-12-17(2)24(20(5)23(16)26-11-10-25-14-19(26)4)27-15-22-9-7-6-8-21(22)13-18(27)3/h6-15H,1-5H3/q+2. The van der Waals surface area contributed by atoms with E-state index in [0.29, 0.717) is 0 Å². The van der Waals surface area contributed by atoms with Gasteiger partial charge < -0.3 is 0 Å². The molecular formula is C24H25N3+2. The van der Waals surface area contributed by atoms with E-state index in [9.17, 15) is 0 Å². The molecular weight excluding hydrogens is 330 g/mol. The number of pyridine rings is 1. The fraction of sp³-hybridized carbons (Fsp3) is 0.208.